The molecule has 4 heterocycles. The highest BCUT2D eigenvalue weighted by atomic mass is 32.1. The van der Waals surface area contributed by atoms with Crippen LogP contribution in [-0.4, -0.2) is 0 Å². The van der Waals surface area contributed by atoms with Crippen LogP contribution < -0.4 is 4.90 Å². The van der Waals surface area contributed by atoms with E-state index in [1.807, 2.05) is 45.3 Å². The number of rotatable bonds is 3. The third kappa shape index (κ3) is 4.73. The van der Waals surface area contributed by atoms with Crippen molar-refractivity contribution in [1.82, 2.24) is 0 Å². The number of aryl methyl sites for hydroxylation is 2. The minimum absolute atomic E-state index is 0.0247. The highest BCUT2D eigenvalue weighted by molar-refractivity contribution is 7.28. The second-order valence-corrected chi connectivity index (χ2v) is 20.8. The summed E-state index contributed by atoms with van der Waals surface area (Å²) in [6.45, 7) is 6.80. The van der Waals surface area contributed by atoms with E-state index in [9.17, 15) is 0 Å². The molecule has 4 aromatic heterocycles. The molecule has 276 valence electrons. The summed E-state index contributed by atoms with van der Waals surface area (Å²) >= 11 is 7.70. The first-order valence-electron chi connectivity index (χ1n) is 19.9. The van der Waals surface area contributed by atoms with Crippen LogP contribution in [0.25, 0.3) is 87.5 Å². The Morgan fingerprint density at radius 1 is 0.517 bits per heavy atom. The molecule has 2 aliphatic carbocycles. The van der Waals surface area contributed by atoms with Gasteiger partial charge in [0.05, 0.1) is 0 Å². The van der Waals surface area contributed by atoms with E-state index in [0.29, 0.717) is 5.92 Å². The summed E-state index contributed by atoms with van der Waals surface area (Å²) < 4.78 is 9.43. The summed E-state index contributed by atoms with van der Waals surface area (Å²) in [5, 5.41) is 12.2. The van der Waals surface area contributed by atoms with Crippen molar-refractivity contribution >= 4 is 150 Å². The maximum atomic E-state index is 2.49. The molecule has 0 saturated heterocycles. The molecule has 2 unspecified atom stereocenters. The fourth-order valence-electron chi connectivity index (χ4n) is 9.97. The molecule has 11 aromatic rings. The number of hydrogen-bond acceptors (Lipinski definition) is 5. The highest BCUT2D eigenvalue weighted by Crippen LogP contribution is 2.53. The first-order valence-corrected chi connectivity index (χ1v) is 23.2. The average Bonchev–Trinajstić information content (AvgIpc) is 3.99. The normalized spacial score (nSPS) is 17.6. The van der Waals surface area contributed by atoms with Crippen LogP contribution in [0, 0.1) is 19.3 Å². The van der Waals surface area contributed by atoms with E-state index in [-0.39, 0.29) is 5.41 Å². The van der Waals surface area contributed by atoms with E-state index < -0.39 is 0 Å². The molecule has 0 aliphatic heterocycles. The van der Waals surface area contributed by atoms with Crippen molar-refractivity contribution < 1.29 is 0 Å². The Hall–Kier alpha value is -5.56. The number of nitrogens with zero attached hydrogens (tertiary/aromatic N) is 1. The van der Waals surface area contributed by atoms with Crippen LogP contribution in [-0.2, 0) is 0 Å². The van der Waals surface area contributed by atoms with Crippen LogP contribution in [0.3, 0.4) is 0 Å². The predicted molar refractivity (Wildman–Crippen MR) is 260 cm³/mol. The van der Waals surface area contributed by atoms with Gasteiger partial charge in [-0.05, 0) is 108 Å². The Morgan fingerprint density at radius 3 is 1.93 bits per heavy atom. The Bertz CT molecular complexity index is 3690. The predicted octanol–water partition coefficient (Wildman–Crippen LogP) is 17.5. The lowest BCUT2D eigenvalue weighted by atomic mass is 9.68. The maximum Gasteiger partial charge on any atom is 0.0490 e. The van der Waals surface area contributed by atoms with E-state index in [1.54, 1.807) is 0 Å². The zero-order valence-corrected chi connectivity index (χ0v) is 35.4. The summed E-state index contributed by atoms with van der Waals surface area (Å²) in [7, 11) is 0. The van der Waals surface area contributed by atoms with Gasteiger partial charge < -0.3 is 4.90 Å². The number of fused-ring (bicyclic) bond motifs is 16. The Kier molecular flexibility index (Phi) is 6.91. The van der Waals surface area contributed by atoms with Gasteiger partial charge in [-0.1, -0.05) is 97.5 Å². The van der Waals surface area contributed by atoms with Crippen LogP contribution in [0.1, 0.15) is 34.4 Å². The minimum atomic E-state index is 0.0247. The smallest absolute Gasteiger partial charge is 0.0490 e. The second-order valence-electron chi connectivity index (χ2n) is 16.4. The first-order chi connectivity index (χ1) is 28.4. The summed E-state index contributed by atoms with van der Waals surface area (Å²) in [4.78, 5) is 3.88. The molecular formula is C53H35NS4. The highest BCUT2D eigenvalue weighted by Gasteiger charge is 2.36. The molecule has 0 radical (unpaired) electrons. The lowest BCUT2D eigenvalue weighted by Crippen LogP contribution is -2.23. The van der Waals surface area contributed by atoms with E-state index in [1.165, 1.54) is 120 Å². The lowest BCUT2D eigenvalue weighted by molar-refractivity contribution is 0.484. The molecule has 0 fully saturated rings. The van der Waals surface area contributed by atoms with Crippen molar-refractivity contribution in [2.45, 2.75) is 26.7 Å². The Balaban J connectivity index is 0.964. The van der Waals surface area contributed by atoms with Crippen molar-refractivity contribution in [3.63, 3.8) is 0 Å². The van der Waals surface area contributed by atoms with Crippen molar-refractivity contribution in [3.05, 3.63) is 167 Å². The van der Waals surface area contributed by atoms with Gasteiger partial charge in [0.2, 0.25) is 0 Å². The molecule has 2 atom stereocenters. The molecule has 7 aromatic carbocycles. The van der Waals surface area contributed by atoms with Crippen molar-refractivity contribution in [1.29, 1.82) is 0 Å². The van der Waals surface area contributed by atoms with Gasteiger partial charge in [-0.25, -0.2) is 0 Å². The standard InChI is InChI=1S/C53H35NS4/c1-29-11-17-42(30(2)22-29)54(32-13-15-35-37-25-49-39(27-47(37)57-45(35)23-32)51-34-9-5-4-8-31(34)12-18-43(51)55-49)33-14-16-36-38-26-50-40(28-48(38)58-46(36)24-33)52-41-10-6-7-20-53(41,3)21-19-44(52)56-50/h4-28,41H,1-3H3. The molecular weight excluding hydrogens is 779 g/mol. The molecule has 2 aliphatic rings. The summed E-state index contributed by atoms with van der Waals surface area (Å²) in [6, 6.07) is 44.3. The monoisotopic (exact) mass is 813 g/mol. The molecule has 5 heteroatoms. The van der Waals surface area contributed by atoms with E-state index in [0.717, 1.165) is 0 Å². The van der Waals surface area contributed by atoms with Gasteiger partial charge >= 0.3 is 0 Å². The molecule has 1 nitrogen and oxygen atoms in total. The number of allylic oxidation sites excluding steroid dienone is 5. The summed E-state index contributed by atoms with van der Waals surface area (Å²) in [5.74, 6) is 0.367. The molecule has 13 rings (SSSR count). The van der Waals surface area contributed by atoms with Crippen LogP contribution >= 0.6 is 45.3 Å². The van der Waals surface area contributed by atoms with Crippen molar-refractivity contribution in [3.8, 4) is 0 Å². The van der Waals surface area contributed by atoms with Gasteiger partial charge in [0, 0.05) is 98.5 Å². The van der Waals surface area contributed by atoms with Gasteiger partial charge in [-0.2, -0.15) is 0 Å². The van der Waals surface area contributed by atoms with Gasteiger partial charge in [-0.15, -0.1) is 45.3 Å². The molecule has 0 spiro atoms. The Morgan fingerprint density at radius 2 is 1.17 bits per heavy atom. The Labute approximate surface area is 351 Å². The van der Waals surface area contributed by atoms with Crippen molar-refractivity contribution in [2.75, 3.05) is 4.90 Å². The van der Waals surface area contributed by atoms with E-state index in [4.69, 9.17) is 0 Å². The molecule has 0 saturated carbocycles. The van der Waals surface area contributed by atoms with Crippen LogP contribution in [0.4, 0.5) is 17.1 Å². The van der Waals surface area contributed by atoms with E-state index >= 15 is 0 Å². The van der Waals surface area contributed by atoms with Crippen LogP contribution in [0.15, 0.2) is 146 Å². The van der Waals surface area contributed by atoms with Crippen LogP contribution in [0.2, 0.25) is 0 Å². The summed E-state index contributed by atoms with van der Waals surface area (Å²) in [6.07, 6.45) is 14.0. The largest absolute Gasteiger partial charge is 0.310 e. The summed E-state index contributed by atoms with van der Waals surface area (Å²) in [5.41, 5.74) is 7.64. The third-order valence-electron chi connectivity index (χ3n) is 12.8. The average molecular weight is 814 g/mol. The van der Waals surface area contributed by atoms with E-state index in [2.05, 4.69) is 177 Å². The molecule has 0 bridgehead atoms. The zero-order chi connectivity index (χ0) is 38.4. The fourth-order valence-corrected chi connectivity index (χ4v) is 14.6. The fraction of sp³-hybridized carbons (Fsp3) is 0.0943. The van der Waals surface area contributed by atoms with Gasteiger partial charge in [0.15, 0.2) is 0 Å². The SMILES string of the molecule is Cc1ccc(N(c2ccc3c(c2)sc2cc4c5c(sc4cc23)C=CC2(C)C=CC=CC52)c2ccc3c(c2)sc2cc4c(cc23)sc2ccc3ccccc3c24)c(C)c1. The first kappa shape index (κ1) is 33.4. The van der Waals surface area contributed by atoms with Crippen molar-refractivity contribution in [2.24, 2.45) is 5.41 Å². The molecule has 0 amide bonds. The molecule has 0 N–H and O–H groups in total. The maximum absolute atomic E-state index is 2.49. The number of hydrogen-bond donors (Lipinski definition) is 0. The van der Waals surface area contributed by atoms with Gasteiger partial charge in [0.1, 0.15) is 0 Å². The van der Waals surface area contributed by atoms with Crippen LogP contribution in [0.5, 0.6) is 0 Å². The quantitative estimate of drug-likeness (QED) is 0.172. The second kappa shape index (κ2) is 12.0. The zero-order valence-electron chi connectivity index (χ0n) is 32.1. The third-order valence-corrected chi connectivity index (χ3v) is 17.3. The number of anilines is 3. The van der Waals surface area contributed by atoms with Gasteiger partial charge in [-0.3, -0.25) is 0 Å². The lowest BCUT2D eigenvalue weighted by Gasteiger charge is -2.35. The molecule has 58 heavy (non-hydrogen) atoms. The van der Waals surface area contributed by atoms with Gasteiger partial charge in [0.25, 0.3) is 0 Å². The topological polar surface area (TPSA) is 3.24 Å². The minimum Gasteiger partial charge on any atom is -0.310 e. The number of benzene rings is 7. The number of thiophene rings is 4.